The Kier molecular flexibility index (Phi) is 7.51. The number of sulfonamides is 1. The zero-order valence-electron chi connectivity index (χ0n) is 18.9. The van der Waals surface area contributed by atoms with Crippen LogP contribution in [0.4, 0.5) is 5.13 Å². The largest absolute Gasteiger partial charge is 0.301 e. The molecule has 7 nitrogen and oxygen atoms in total. The molecule has 1 aliphatic heterocycles. The SMILES string of the molecule is CC(C)CN(CC(C)C)S(=O)(=O)c1ccc(C(=O)Nc2nc3c(s2)CN(C)CC3)cc1. The summed E-state index contributed by atoms with van der Waals surface area (Å²) in [5.74, 6) is 0.162. The predicted octanol–water partition coefficient (Wildman–Crippen LogP) is 3.69. The van der Waals surface area contributed by atoms with Gasteiger partial charge in [0.05, 0.1) is 10.6 Å². The highest BCUT2D eigenvalue weighted by Crippen LogP contribution is 2.28. The normalized spacial score (nSPS) is 15.0. The Morgan fingerprint density at radius 1 is 1.16 bits per heavy atom. The Hall–Kier alpha value is -1.81. The van der Waals surface area contributed by atoms with E-state index < -0.39 is 10.0 Å². The highest BCUT2D eigenvalue weighted by atomic mass is 32.2. The average Bonchev–Trinajstić information content (AvgIpc) is 3.08. The average molecular weight is 465 g/mol. The Bertz CT molecular complexity index is 1000. The molecule has 0 spiro atoms. The van der Waals surface area contributed by atoms with Crippen LogP contribution in [0, 0.1) is 11.8 Å². The van der Waals surface area contributed by atoms with Gasteiger partial charge in [-0.25, -0.2) is 13.4 Å². The summed E-state index contributed by atoms with van der Waals surface area (Å²) in [5.41, 5.74) is 1.46. The van der Waals surface area contributed by atoms with Crippen LogP contribution in [-0.2, 0) is 23.0 Å². The van der Waals surface area contributed by atoms with Crippen molar-refractivity contribution in [3.8, 4) is 0 Å². The molecule has 0 unspecified atom stereocenters. The van der Waals surface area contributed by atoms with Crippen LogP contribution in [-0.4, -0.2) is 55.2 Å². The number of hydrogen-bond acceptors (Lipinski definition) is 6. The summed E-state index contributed by atoms with van der Waals surface area (Å²) in [6.45, 7) is 10.8. The minimum atomic E-state index is -3.61. The lowest BCUT2D eigenvalue weighted by Crippen LogP contribution is -2.37. The summed E-state index contributed by atoms with van der Waals surface area (Å²) < 4.78 is 27.8. The molecule has 1 aliphatic rings. The van der Waals surface area contributed by atoms with Gasteiger partial charge < -0.3 is 4.90 Å². The van der Waals surface area contributed by atoms with E-state index in [-0.39, 0.29) is 22.6 Å². The van der Waals surface area contributed by atoms with Gasteiger partial charge >= 0.3 is 0 Å². The number of hydrogen-bond donors (Lipinski definition) is 1. The Morgan fingerprint density at radius 3 is 2.35 bits per heavy atom. The number of carbonyl (C=O) groups excluding carboxylic acids is 1. The maximum Gasteiger partial charge on any atom is 0.257 e. The fourth-order valence-electron chi connectivity index (χ4n) is 3.56. The van der Waals surface area contributed by atoms with Crippen molar-refractivity contribution in [2.45, 2.75) is 45.6 Å². The lowest BCUT2D eigenvalue weighted by Gasteiger charge is -2.25. The maximum atomic E-state index is 13.1. The molecule has 0 aliphatic carbocycles. The molecular weight excluding hydrogens is 432 g/mol. The van der Waals surface area contributed by atoms with E-state index in [1.54, 1.807) is 12.1 Å². The summed E-state index contributed by atoms with van der Waals surface area (Å²) in [6, 6.07) is 6.15. The highest BCUT2D eigenvalue weighted by molar-refractivity contribution is 7.89. The van der Waals surface area contributed by atoms with E-state index in [4.69, 9.17) is 0 Å². The van der Waals surface area contributed by atoms with E-state index in [0.717, 1.165) is 25.2 Å². The van der Waals surface area contributed by atoms with E-state index in [2.05, 4.69) is 22.2 Å². The van der Waals surface area contributed by atoms with E-state index in [1.165, 1.54) is 32.7 Å². The molecule has 1 amide bonds. The fourth-order valence-corrected chi connectivity index (χ4v) is 6.41. The second-order valence-electron chi connectivity index (χ2n) is 8.96. The van der Waals surface area contributed by atoms with Gasteiger partial charge in [-0.15, -0.1) is 11.3 Å². The van der Waals surface area contributed by atoms with Gasteiger partial charge in [0.2, 0.25) is 10.0 Å². The van der Waals surface area contributed by atoms with Gasteiger partial charge in [0.15, 0.2) is 5.13 Å². The van der Waals surface area contributed by atoms with Crippen molar-refractivity contribution in [2.75, 3.05) is 32.0 Å². The Balaban J connectivity index is 1.73. The first-order valence-corrected chi connectivity index (χ1v) is 12.9. The number of aromatic nitrogens is 1. The second-order valence-corrected chi connectivity index (χ2v) is 12.0. The molecule has 31 heavy (non-hydrogen) atoms. The number of amides is 1. The van der Waals surface area contributed by atoms with Gasteiger partial charge in [0.25, 0.3) is 5.91 Å². The quantitative estimate of drug-likeness (QED) is 0.644. The van der Waals surface area contributed by atoms with Gasteiger partial charge in [-0.1, -0.05) is 27.7 Å². The molecular formula is C22H32N4O3S2. The van der Waals surface area contributed by atoms with Crippen molar-refractivity contribution in [3.05, 3.63) is 40.4 Å². The van der Waals surface area contributed by atoms with E-state index in [0.29, 0.717) is 23.8 Å². The molecule has 0 radical (unpaired) electrons. The summed E-state index contributed by atoms with van der Waals surface area (Å²) >= 11 is 1.50. The van der Waals surface area contributed by atoms with Gasteiger partial charge in [-0.2, -0.15) is 4.31 Å². The number of carbonyl (C=O) groups is 1. The molecule has 0 saturated carbocycles. The van der Waals surface area contributed by atoms with Crippen LogP contribution in [0.1, 0.15) is 48.6 Å². The first kappa shape index (κ1) is 23.8. The molecule has 2 heterocycles. The summed E-state index contributed by atoms with van der Waals surface area (Å²) in [5, 5.41) is 3.44. The highest BCUT2D eigenvalue weighted by Gasteiger charge is 2.26. The number of nitrogens with zero attached hydrogens (tertiary/aromatic N) is 3. The monoisotopic (exact) mass is 464 g/mol. The summed E-state index contributed by atoms with van der Waals surface area (Å²) in [7, 11) is -1.54. The van der Waals surface area contributed by atoms with Crippen LogP contribution in [0.2, 0.25) is 0 Å². The van der Waals surface area contributed by atoms with Crippen molar-refractivity contribution in [1.82, 2.24) is 14.2 Å². The summed E-state index contributed by atoms with van der Waals surface area (Å²) in [4.78, 5) is 20.8. The number of thiazole rings is 1. The first-order valence-electron chi connectivity index (χ1n) is 10.6. The van der Waals surface area contributed by atoms with Crippen molar-refractivity contribution >= 4 is 32.4 Å². The molecule has 3 rings (SSSR count). The molecule has 170 valence electrons. The third-order valence-electron chi connectivity index (χ3n) is 5.03. The minimum Gasteiger partial charge on any atom is -0.301 e. The Morgan fingerprint density at radius 2 is 1.77 bits per heavy atom. The van der Waals surface area contributed by atoms with Crippen LogP contribution < -0.4 is 5.32 Å². The number of likely N-dealkylation sites (N-methyl/N-ethyl adjacent to an activating group) is 1. The molecule has 1 aromatic carbocycles. The van der Waals surface area contributed by atoms with Gasteiger partial charge in [-0.3, -0.25) is 10.1 Å². The molecule has 0 atom stereocenters. The van der Waals surface area contributed by atoms with Crippen molar-refractivity contribution < 1.29 is 13.2 Å². The Labute approximate surface area is 189 Å². The number of rotatable bonds is 8. The van der Waals surface area contributed by atoms with Gasteiger partial charge in [0, 0.05) is 43.0 Å². The molecule has 2 aromatic rings. The van der Waals surface area contributed by atoms with Crippen LogP contribution in [0.5, 0.6) is 0 Å². The van der Waals surface area contributed by atoms with Crippen LogP contribution in [0.3, 0.4) is 0 Å². The van der Waals surface area contributed by atoms with Gasteiger partial charge in [-0.05, 0) is 43.1 Å². The molecule has 9 heteroatoms. The second kappa shape index (κ2) is 9.77. The lowest BCUT2D eigenvalue weighted by atomic mass is 10.2. The molecule has 0 saturated heterocycles. The zero-order valence-corrected chi connectivity index (χ0v) is 20.5. The van der Waals surface area contributed by atoms with Crippen molar-refractivity contribution in [3.63, 3.8) is 0 Å². The third kappa shape index (κ3) is 5.91. The van der Waals surface area contributed by atoms with Crippen molar-refractivity contribution in [1.29, 1.82) is 0 Å². The van der Waals surface area contributed by atoms with Crippen LogP contribution in [0.15, 0.2) is 29.2 Å². The van der Waals surface area contributed by atoms with E-state index >= 15 is 0 Å². The molecule has 1 aromatic heterocycles. The number of fused-ring (bicyclic) bond motifs is 1. The number of nitrogens with one attached hydrogen (secondary N) is 1. The van der Waals surface area contributed by atoms with Gasteiger partial charge in [0.1, 0.15) is 0 Å². The predicted molar refractivity (Wildman–Crippen MR) is 125 cm³/mol. The summed E-state index contributed by atoms with van der Waals surface area (Å²) in [6.07, 6.45) is 0.883. The topological polar surface area (TPSA) is 82.6 Å². The van der Waals surface area contributed by atoms with Crippen molar-refractivity contribution in [2.24, 2.45) is 11.8 Å². The van der Waals surface area contributed by atoms with Crippen LogP contribution >= 0.6 is 11.3 Å². The standard InChI is InChI=1S/C22H32N4O3S2/c1-15(2)12-26(13-16(3)4)31(28,29)18-8-6-17(7-9-18)21(27)24-22-23-19-10-11-25(5)14-20(19)30-22/h6-9,15-16H,10-14H2,1-5H3,(H,23,24,27). The van der Waals surface area contributed by atoms with E-state index in [1.807, 2.05) is 27.7 Å². The smallest absolute Gasteiger partial charge is 0.257 e. The molecule has 0 fully saturated rings. The molecule has 1 N–H and O–H groups in total. The molecule has 0 bridgehead atoms. The minimum absolute atomic E-state index is 0.207. The number of benzene rings is 1. The fraction of sp³-hybridized carbons (Fsp3) is 0.545. The third-order valence-corrected chi connectivity index (χ3v) is 7.88. The van der Waals surface area contributed by atoms with Crippen LogP contribution in [0.25, 0.3) is 0 Å². The zero-order chi connectivity index (χ0) is 22.8. The maximum absolute atomic E-state index is 13.1. The number of anilines is 1. The lowest BCUT2D eigenvalue weighted by molar-refractivity contribution is 0.102. The van der Waals surface area contributed by atoms with E-state index in [9.17, 15) is 13.2 Å². The first-order chi connectivity index (χ1) is 14.6.